The van der Waals surface area contributed by atoms with Gasteiger partial charge in [-0.05, 0) is 31.7 Å². The number of ether oxygens (including phenoxy) is 1. The second-order valence-electron chi connectivity index (χ2n) is 4.02. The Morgan fingerprint density at radius 1 is 1.39 bits per heavy atom. The van der Waals surface area contributed by atoms with Gasteiger partial charge in [0.2, 0.25) is 5.91 Å². The number of amides is 1. The molecule has 1 amide bonds. The fourth-order valence-corrected chi connectivity index (χ4v) is 1.42. The molecule has 1 atom stereocenters. The molecule has 100 valence electrons. The zero-order valence-corrected chi connectivity index (χ0v) is 10.3. The fourth-order valence-electron chi connectivity index (χ4n) is 1.42. The van der Waals surface area contributed by atoms with E-state index in [2.05, 4.69) is 4.74 Å². The maximum absolute atomic E-state index is 11.9. The summed E-state index contributed by atoms with van der Waals surface area (Å²) in [6.45, 7) is -0.622. The average molecular weight is 258 g/mol. The summed E-state index contributed by atoms with van der Waals surface area (Å²) in [6, 6.07) is 5.88. The second-order valence-corrected chi connectivity index (χ2v) is 4.02. The summed E-state index contributed by atoms with van der Waals surface area (Å²) in [4.78, 5) is 12.8. The monoisotopic (exact) mass is 258 g/mol. The molecule has 0 fully saturated rings. The molecular formula is C12H16F2N2O2. The minimum Gasteiger partial charge on any atom is -0.435 e. The third kappa shape index (κ3) is 4.29. The van der Waals surface area contributed by atoms with Crippen molar-refractivity contribution in [3.8, 4) is 5.75 Å². The highest BCUT2D eigenvalue weighted by Gasteiger charge is 2.14. The van der Waals surface area contributed by atoms with E-state index in [0.717, 1.165) is 5.56 Å². The molecule has 6 heteroatoms. The fraction of sp³-hybridized carbons (Fsp3) is 0.417. The number of likely N-dealkylation sites (N-methyl/N-ethyl adjacent to an activating group) is 1. The number of hydrogen-bond acceptors (Lipinski definition) is 3. The molecule has 2 N–H and O–H groups in total. The van der Waals surface area contributed by atoms with Crippen LogP contribution in [0.15, 0.2) is 24.3 Å². The summed E-state index contributed by atoms with van der Waals surface area (Å²) >= 11 is 0. The van der Waals surface area contributed by atoms with Crippen LogP contribution in [-0.4, -0.2) is 30.5 Å². The van der Waals surface area contributed by atoms with Crippen molar-refractivity contribution in [1.29, 1.82) is 0 Å². The number of halogens is 2. The van der Waals surface area contributed by atoms with Gasteiger partial charge in [0.05, 0.1) is 6.04 Å². The topological polar surface area (TPSA) is 55.6 Å². The summed E-state index contributed by atoms with van der Waals surface area (Å²) in [5.74, 6) is -0.297. The van der Waals surface area contributed by atoms with E-state index >= 15 is 0 Å². The number of hydrogen-bond donors (Lipinski definition) is 1. The van der Waals surface area contributed by atoms with Gasteiger partial charge in [0.15, 0.2) is 0 Å². The van der Waals surface area contributed by atoms with Crippen molar-refractivity contribution in [2.45, 2.75) is 26.1 Å². The van der Waals surface area contributed by atoms with Gasteiger partial charge in [-0.15, -0.1) is 0 Å². The molecular weight excluding hydrogens is 242 g/mol. The Kier molecular flexibility index (Phi) is 5.03. The molecule has 0 aromatic heterocycles. The van der Waals surface area contributed by atoms with E-state index < -0.39 is 12.5 Å². The van der Waals surface area contributed by atoms with Gasteiger partial charge in [0.25, 0.3) is 0 Å². The summed E-state index contributed by atoms with van der Waals surface area (Å²) in [6.07, 6.45) is 0. The van der Waals surface area contributed by atoms with Crippen LogP contribution in [-0.2, 0) is 11.3 Å². The molecule has 1 unspecified atom stereocenters. The normalized spacial score (nSPS) is 12.8. The van der Waals surface area contributed by atoms with Gasteiger partial charge in [0.1, 0.15) is 5.75 Å². The van der Waals surface area contributed by atoms with Crippen molar-refractivity contribution in [2.75, 3.05) is 7.05 Å². The first-order valence-corrected chi connectivity index (χ1v) is 5.43. The van der Waals surface area contributed by atoms with E-state index in [1.165, 1.54) is 12.1 Å². The van der Waals surface area contributed by atoms with Crippen molar-refractivity contribution in [2.24, 2.45) is 5.73 Å². The molecule has 0 spiro atoms. The Labute approximate surface area is 104 Å². The Morgan fingerprint density at radius 2 is 1.94 bits per heavy atom. The first-order valence-electron chi connectivity index (χ1n) is 5.43. The van der Waals surface area contributed by atoms with Crippen LogP contribution in [0, 0.1) is 0 Å². The van der Waals surface area contributed by atoms with Crippen LogP contribution < -0.4 is 10.5 Å². The van der Waals surface area contributed by atoms with E-state index in [4.69, 9.17) is 5.73 Å². The minimum absolute atomic E-state index is 0.111. The van der Waals surface area contributed by atoms with Gasteiger partial charge < -0.3 is 10.5 Å². The third-order valence-electron chi connectivity index (χ3n) is 2.65. The summed E-state index contributed by atoms with van der Waals surface area (Å²) in [5.41, 5.74) is 6.07. The second kappa shape index (κ2) is 6.30. The van der Waals surface area contributed by atoms with Crippen LogP contribution in [0.4, 0.5) is 8.78 Å². The van der Waals surface area contributed by atoms with Crippen LogP contribution >= 0.6 is 0 Å². The molecule has 4 nitrogen and oxygen atoms in total. The summed E-state index contributed by atoms with van der Waals surface area (Å²) in [7, 11) is 1.76. The molecule has 0 bridgehead atoms. The number of carbonyl (C=O) groups excluding carboxylic acids is 1. The number of benzene rings is 1. The molecule has 18 heavy (non-hydrogen) atoms. The van der Waals surface area contributed by atoms with Crippen molar-refractivity contribution in [1.82, 2.24) is 4.90 Å². The predicted molar refractivity (Wildman–Crippen MR) is 63.2 cm³/mol. The van der Waals surface area contributed by atoms with Crippen LogP contribution in [0.2, 0.25) is 0 Å². The lowest BCUT2D eigenvalue weighted by molar-refractivity contribution is -0.122. The first-order chi connectivity index (χ1) is 8.40. The zero-order valence-electron chi connectivity index (χ0n) is 10.3. The number of carbonyl (C=O) groups is 1. The Morgan fingerprint density at radius 3 is 2.39 bits per heavy atom. The highest BCUT2D eigenvalue weighted by Crippen LogP contribution is 2.16. The van der Waals surface area contributed by atoms with E-state index in [9.17, 15) is 13.6 Å². The molecule has 0 aliphatic rings. The molecule has 0 radical (unpaired) electrons. The maximum atomic E-state index is 11.9. The molecule has 0 aliphatic heterocycles. The van der Waals surface area contributed by atoms with Gasteiger partial charge >= 0.3 is 6.61 Å². The highest BCUT2D eigenvalue weighted by atomic mass is 19.3. The number of primary amides is 1. The molecule has 0 aliphatic carbocycles. The largest absolute Gasteiger partial charge is 0.435 e. The Bertz CT molecular complexity index is 396. The van der Waals surface area contributed by atoms with E-state index in [0.29, 0.717) is 6.54 Å². The van der Waals surface area contributed by atoms with Crippen molar-refractivity contribution in [3.63, 3.8) is 0 Å². The lowest BCUT2D eigenvalue weighted by Crippen LogP contribution is -2.39. The Balaban J connectivity index is 2.60. The van der Waals surface area contributed by atoms with Crippen molar-refractivity contribution in [3.05, 3.63) is 29.8 Å². The highest BCUT2D eigenvalue weighted by molar-refractivity contribution is 5.79. The van der Waals surface area contributed by atoms with Gasteiger partial charge in [-0.3, -0.25) is 9.69 Å². The summed E-state index contributed by atoms with van der Waals surface area (Å²) < 4.78 is 28.1. The van der Waals surface area contributed by atoms with E-state index in [-0.39, 0.29) is 11.8 Å². The maximum Gasteiger partial charge on any atom is 0.387 e. The van der Waals surface area contributed by atoms with E-state index in [1.54, 1.807) is 31.0 Å². The molecule has 0 heterocycles. The van der Waals surface area contributed by atoms with Gasteiger partial charge in [-0.2, -0.15) is 8.78 Å². The molecule has 1 aromatic rings. The van der Waals surface area contributed by atoms with E-state index in [1.807, 2.05) is 0 Å². The van der Waals surface area contributed by atoms with Crippen LogP contribution in [0.5, 0.6) is 5.75 Å². The molecule has 0 saturated carbocycles. The number of rotatable bonds is 6. The van der Waals surface area contributed by atoms with Crippen LogP contribution in [0.3, 0.4) is 0 Å². The number of alkyl halides is 2. The smallest absolute Gasteiger partial charge is 0.387 e. The third-order valence-corrected chi connectivity index (χ3v) is 2.65. The van der Waals surface area contributed by atoms with Crippen molar-refractivity contribution < 1.29 is 18.3 Å². The number of nitrogens with zero attached hydrogens (tertiary/aromatic N) is 1. The van der Waals surface area contributed by atoms with Crippen molar-refractivity contribution >= 4 is 5.91 Å². The first kappa shape index (κ1) is 14.4. The predicted octanol–water partition coefficient (Wildman–Crippen LogP) is 1.59. The SMILES string of the molecule is CC(C(N)=O)N(C)Cc1ccc(OC(F)F)cc1. The molecule has 1 rings (SSSR count). The quantitative estimate of drug-likeness (QED) is 0.843. The molecule has 1 aromatic carbocycles. The van der Waals surface area contributed by atoms with Gasteiger partial charge in [0, 0.05) is 6.54 Å². The minimum atomic E-state index is -2.83. The summed E-state index contributed by atoms with van der Waals surface area (Å²) in [5, 5.41) is 0. The van der Waals surface area contributed by atoms with Gasteiger partial charge in [-0.1, -0.05) is 12.1 Å². The lowest BCUT2D eigenvalue weighted by Gasteiger charge is -2.21. The zero-order chi connectivity index (χ0) is 13.7. The van der Waals surface area contributed by atoms with Crippen LogP contribution in [0.1, 0.15) is 12.5 Å². The average Bonchev–Trinajstić information content (AvgIpc) is 2.29. The molecule has 0 saturated heterocycles. The number of nitrogens with two attached hydrogens (primary N) is 1. The lowest BCUT2D eigenvalue weighted by atomic mass is 10.2. The van der Waals surface area contributed by atoms with Crippen LogP contribution in [0.25, 0.3) is 0 Å². The van der Waals surface area contributed by atoms with Gasteiger partial charge in [-0.25, -0.2) is 0 Å². The Hall–Kier alpha value is -1.69. The standard InChI is InChI=1S/C12H16F2N2O2/c1-8(11(15)17)16(2)7-9-3-5-10(6-4-9)18-12(13)14/h3-6,8,12H,7H2,1-2H3,(H2,15,17).